The molecule has 0 aromatic heterocycles. The van der Waals surface area contributed by atoms with Crippen molar-refractivity contribution in [1.82, 2.24) is 5.32 Å². The smallest absolute Gasteiger partial charge is 0.0138 e. The molecule has 0 radical (unpaired) electrons. The molecule has 1 rings (SSSR count). The van der Waals surface area contributed by atoms with Crippen LogP contribution in [0.2, 0.25) is 0 Å². The molecule has 0 aliphatic rings. The lowest BCUT2D eigenvalue weighted by atomic mass is 9.83. The predicted molar refractivity (Wildman–Crippen MR) is 85.6 cm³/mol. The monoisotopic (exact) mass is 261 g/mol. The number of nitrogens with one attached hydrogen (secondary N) is 1. The summed E-state index contributed by atoms with van der Waals surface area (Å²) in [6.07, 6.45) is 4.98. The van der Waals surface area contributed by atoms with Crippen LogP contribution in [0.4, 0.5) is 0 Å². The van der Waals surface area contributed by atoms with Crippen molar-refractivity contribution in [1.29, 1.82) is 0 Å². The van der Waals surface area contributed by atoms with Crippen molar-refractivity contribution in [2.75, 3.05) is 6.54 Å². The minimum absolute atomic E-state index is 0.613. The van der Waals surface area contributed by atoms with Gasteiger partial charge in [-0.05, 0) is 43.2 Å². The van der Waals surface area contributed by atoms with Crippen molar-refractivity contribution >= 4 is 0 Å². The van der Waals surface area contributed by atoms with Gasteiger partial charge in [0.05, 0.1) is 0 Å². The fourth-order valence-corrected chi connectivity index (χ4v) is 2.77. The average Bonchev–Trinajstić information content (AvgIpc) is 2.46. The van der Waals surface area contributed by atoms with Crippen molar-refractivity contribution in [2.45, 2.75) is 65.3 Å². The van der Waals surface area contributed by atoms with Crippen LogP contribution in [0, 0.1) is 5.92 Å². The summed E-state index contributed by atoms with van der Waals surface area (Å²) in [7, 11) is 0. The van der Waals surface area contributed by atoms with E-state index in [-0.39, 0.29) is 0 Å². The van der Waals surface area contributed by atoms with Gasteiger partial charge in [0.1, 0.15) is 0 Å². The maximum Gasteiger partial charge on any atom is 0.0138 e. The zero-order valence-corrected chi connectivity index (χ0v) is 13.2. The van der Waals surface area contributed by atoms with Crippen LogP contribution >= 0.6 is 0 Å². The van der Waals surface area contributed by atoms with Crippen LogP contribution in [-0.2, 0) is 0 Å². The van der Waals surface area contributed by atoms with Crippen molar-refractivity contribution < 1.29 is 0 Å². The van der Waals surface area contributed by atoms with E-state index in [0.29, 0.717) is 12.0 Å². The highest BCUT2D eigenvalue weighted by atomic mass is 14.9. The van der Waals surface area contributed by atoms with E-state index in [1.54, 1.807) is 0 Å². The zero-order valence-electron chi connectivity index (χ0n) is 13.2. The first-order chi connectivity index (χ1) is 9.22. The lowest BCUT2D eigenvalue weighted by Gasteiger charge is -2.30. The van der Waals surface area contributed by atoms with E-state index < -0.39 is 0 Å². The first kappa shape index (κ1) is 16.2. The topological polar surface area (TPSA) is 12.0 Å². The van der Waals surface area contributed by atoms with Crippen molar-refractivity contribution in [3.8, 4) is 0 Å². The van der Waals surface area contributed by atoms with E-state index in [9.17, 15) is 0 Å². The van der Waals surface area contributed by atoms with Crippen LogP contribution in [0.25, 0.3) is 0 Å². The van der Waals surface area contributed by atoms with Gasteiger partial charge in [0.15, 0.2) is 0 Å². The third-order valence-electron chi connectivity index (χ3n) is 4.16. The second kappa shape index (κ2) is 9.14. The minimum Gasteiger partial charge on any atom is -0.313 e. The minimum atomic E-state index is 0.613. The van der Waals surface area contributed by atoms with Gasteiger partial charge in [-0.25, -0.2) is 0 Å². The second-order valence-corrected chi connectivity index (χ2v) is 5.74. The number of rotatable bonds is 9. The first-order valence-corrected chi connectivity index (χ1v) is 8.01. The van der Waals surface area contributed by atoms with E-state index in [0.717, 1.165) is 12.5 Å². The Morgan fingerprint density at radius 1 is 1.00 bits per heavy atom. The maximum absolute atomic E-state index is 3.78. The van der Waals surface area contributed by atoms with Crippen LogP contribution in [0.3, 0.4) is 0 Å². The molecule has 0 amide bonds. The third kappa shape index (κ3) is 5.36. The van der Waals surface area contributed by atoms with Crippen LogP contribution in [0.5, 0.6) is 0 Å². The molecule has 1 aromatic carbocycles. The summed E-state index contributed by atoms with van der Waals surface area (Å²) in [5.74, 6) is 1.44. The van der Waals surface area contributed by atoms with E-state index in [1.165, 1.54) is 31.2 Å². The highest BCUT2D eigenvalue weighted by molar-refractivity contribution is 5.21. The van der Waals surface area contributed by atoms with Crippen molar-refractivity contribution in [2.24, 2.45) is 5.92 Å². The summed E-state index contributed by atoms with van der Waals surface area (Å²) in [6.45, 7) is 10.4. The Morgan fingerprint density at radius 3 is 2.21 bits per heavy atom. The first-order valence-electron chi connectivity index (χ1n) is 8.01. The number of hydrogen-bond donors (Lipinski definition) is 1. The number of hydrogen-bond acceptors (Lipinski definition) is 1. The lowest BCUT2D eigenvalue weighted by molar-refractivity contribution is 0.342. The summed E-state index contributed by atoms with van der Waals surface area (Å²) in [5.41, 5.74) is 1.49. The summed E-state index contributed by atoms with van der Waals surface area (Å²) in [6, 6.07) is 11.6. The van der Waals surface area contributed by atoms with Gasteiger partial charge in [0, 0.05) is 6.04 Å². The summed E-state index contributed by atoms with van der Waals surface area (Å²) in [5, 5.41) is 3.78. The molecular weight excluding hydrogens is 230 g/mol. The van der Waals surface area contributed by atoms with E-state index in [4.69, 9.17) is 0 Å². The Hall–Kier alpha value is -0.820. The molecule has 0 saturated heterocycles. The fraction of sp³-hybridized carbons (Fsp3) is 0.667. The molecule has 0 spiro atoms. The SMILES string of the molecule is CCCNC(CC(C)CC)C(CC)c1ccccc1. The van der Waals surface area contributed by atoms with Crippen molar-refractivity contribution in [3.05, 3.63) is 35.9 Å². The molecule has 0 saturated carbocycles. The van der Waals surface area contributed by atoms with Crippen LogP contribution in [-0.4, -0.2) is 12.6 Å². The Bertz CT molecular complexity index is 320. The Kier molecular flexibility index (Phi) is 7.81. The van der Waals surface area contributed by atoms with Gasteiger partial charge in [0.2, 0.25) is 0 Å². The summed E-state index contributed by atoms with van der Waals surface area (Å²) >= 11 is 0. The molecule has 0 aliphatic heterocycles. The Morgan fingerprint density at radius 2 is 1.68 bits per heavy atom. The van der Waals surface area contributed by atoms with E-state index >= 15 is 0 Å². The average molecular weight is 261 g/mol. The fourth-order valence-electron chi connectivity index (χ4n) is 2.77. The maximum atomic E-state index is 3.78. The molecule has 3 unspecified atom stereocenters. The van der Waals surface area contributed by atoms with Gasteiger partial charge < -0.3 is 5.32 Å². The zero-order chi connectivity index (χ0) is 14.1. The Labute approximate surface area is 119 Å². The van der Waals surface area contributed by atoms with Gasteiger partial charge in [0.25, 0.3) is 0 Å². The van der Waals surface area contributed by atoms with Crippen molar-refractivity contribution in [3.63, 3.8) is 0 Å². The van der Waals surface area contributed by atoms with Crippen LogP contribution < -0.4 is 5.32 Å². The van der Waals surface area contributed by atoms with E-state index in [2.05, 4.69) is 63.3 Å². The van der Waals surface area contributed by atoms with Crippen LogP contribution in [0.1, 0.15) is 64.9 Å². The molecule has 108 valence electrons. The third-order valence-corrected chi connectivity index (χ3v) is 4.16. The molecule has 3 atom stereocenters. The quantitative estimate of drug-likeness (QED) is 0.660. The lowest BCUT2D eigenvalue weighted by Crippen LogP contribution is -2.36. The highest BCUT2D eigenvalue weighted by Gasteiger charge is 2.22. The van der Waals surface area contributed by atoms with Gasteiger partial charge in [-0.15, -0.1) is 0 Å². The predicted octanol–water partition coefficient (Wildman–Crippen LogP) is 4.98. The normalized spacial score (nSPS) is 16.0. The molecule has 19 heavy (non-hydrogen) atoms. The van der Waals surface area contributed by atoms with Gasteiger partial charge in [-0.2, -0.15) is 0 Å². The summed E-state index contributed by atoms with van der Waals surface area (Å²) in [4.78, 5) is 0. The molecule has 0 aliphatic carbocycles. The van der Waals surface area contributed by atoms with Crippen LogP contribution in [0.15, 0.2) is 30.3 Å². The van der Waals surface area contributed by atoms with Gasteiger partial charge in [-0.1, -0.05) is 64.4 Å². The summed E-state index contributed by atoms with van der Waals surface area (Å²) < 4.78 is 0. The van der Waals surface area contributed by atoms with Gasteiger partial charge in [-0.3, -0.25) is 0 Å². The molecule has 1 N–H and O–H groups in total. The Balaban J connectivity index is 2.79. The molecule has 0 fully saturated rings. The molecule has 0 heterocycles. The molecule has 0 bridgehead atoms. The standard InChI is InChI=1S/C18H31N/c1-5-13-19-18(14-15(4)6-2)17(7-3)16-11-9-8-10-12-16/h8-12,15,17-19H,5-7,13-14H2,1-4H3. The largest absolute Gasteiger partial charge is 0.313 e. The molecular formula is C18H31N. The molecule has 1 heteroatoms. The second-order valence-electron chi connectivity index (χ2n) is 5.74. The van der Waals surface area contributed by atoms with E-state index in [1.807, 2.05) is 0 Å². The molecule has 1 nitrogen and oxygen atoms in total. The number of benzene rings is 1. The highest BCUT2D eigenvalue weighted by Crippen LogP contribution is 2.27. The van der Waals surface area contributed by atoms with Gasteiger partial charge >= 0.3 is 0 Å². The molecule has 1 aromatic rings.